The zero-order valence-corrected chi connectivity index (χ0v) is 11.5. The molecular weight excluding hydrogens is 248 g/mol. The quantitative estimate of drug-likeness (QED) is 0.770. The van der Waals surface area contributed by atoms with Crippen LogP contribution in [0.1, 0.15) is 15.7 Å². The van der Waals surface area contributed by atoms with Gasteiger partial charge in [0.05, 0.1) is 24.7 Å². The van der Waals surface area contributed by atoms with Gasteiger partial charge in [0.25, 0.3) is 0 Å². The summed E-state index contributed by atoms with van der Waals surface area (Å²) < 4.78 is 7.14. The van der Waals surface area contributed by atoms with E-state index < -0.39 is 0 Å². The highest BCUT2D eigenvalue weighted by molar-refractivity contribution is 7.11. The molecule has 0 radical (unpaired) electrons. The van der Waals surface area contributed by atoms with Gasteiger partial charge in [-0.3, -0.25) is 0 Å². The van der Waals surface area contributed by atoms with Crippen molar-refractivity contribution < 1.29 is 4.74 Å². The summed E-state index contributed by atoms with van der Waals surface area (Å²) in [5.41, 5.74) is 0. The molecule has 2 heterocycles. The lowest BCUT2D eigenvalue weighted by Gasteiger charge is -2.07. The molecule has 2 aromatic rings. The normalized spacial score (nSPS) is 11.0. The Balaban J connectivity index is 1.91. The molecule has 0 unspecified atom stereocenters. The summed E-state index contributed by atoms with van der Waals surface area (Å²) in [5, 5.41) is 4.40. The van der Waals surface area contributed by atoms with Crippen LogP contribution in [0.15, 0.2) is 18.6 Å². The van der Waals surface area contributed by atoms with Gasteiger partial charge in [0.1, 0.15) is 5.82 Å². The number of hydrogen-bond donors (Lipinski definition) is 1. The molecule has 0 aliphatic rings. The minimum atomic E-state index is 0.717. The average Bonchev–Trinajstić information content (AvgIpc) is 2.95. The average molecular weight is 266 g/mol. The summed E-state index contributed by atoms with van der Waals surface area (Å²) >= 11 is 1.73. The molecule has 6 heteroatoms. The summed E-state index contributed by atoms with van der Waals surface area (Å²) in [5.74, 6) is 1.04. The molecular formula is C12H18N4OS. The second kappa shape index (κ2) is 6.63. The molecule has 0 aliphatic carbocycles. The summed E-state index contributed by atoms with van der Waals surface area (Å²) in [6, 6.07) is 0. The van der Waals surface area contributed by atoms with Crippen LogP contribution in [0.2, 0.25) is 0 Å². The molecule has 0 bridgehead atoms. The van der Waals surface area contributed by atoms with E-state index in [0.717, 1.165) is 37.1 Å². The summed E-state index contributed by atoms with van der Waals surface area (Å²) in [6.07, 6.45) is 5.77. The van der Waals surface area contributed by atoms with Crippen LogP contribution >= 0.6 is 11.3 Å². The van der Waals surface area contributed by atoms with E-state index in [1.807, 2.05) is 25.5 Å². The third-order valence-electron chi connectivity index (χ3n) is 2.56. The lowest BCUT2D eigenvalue weighted by molar-refractivity contribution is 0.199. The molecule has 18 heavy (non-hydrogen) atoms. The molecule has 0 aromatic carbocycles. The fourth-order valence-electron chi connectivity index (χ4n) is 1.67. The SMILES string of the molecule is COCCNCc1nccn1Cc1cnc(C)s1. The fraction of sp³-hybridized carbons (Fsp3) is 0.500. The minimum Gasteiger partial charge on any atom is -0.383 e. The first kappa shape index (κ1) is 13.2. The van der Waals surface area contributed by atoms with Crippen molar-refractivity contribution in [3.8, 4) is 0 Å². The van der Waals surface area contributed by atoms with Crippen LogP contribution < -0.4 is 5.32 Å². The predicted octanol–water partition coefficient (Wildman–Crippen LogP) is 1.43. The van der Waals surface area contributed by atoms with Crippen molar-refractivity contribution in [2.45, 2.75) is 20.0 Å². The number of nitrogens with one attached hydrogen (secondary N) is 1. The number of methoxy groups -OCH3 is 1. The number of aryl methyl sites for hydroxylation is 1. The van der Waals surface area contributed by atoms with Gasteiger partial charge in [0.2, 0.25) is 0 Å². The van der Waals surface area contributed by atoms with E-state index >= 15 is 0 Å². The lowest BCUT2D eigenvalue weighted by Crippen LogP contribution is -2.21. The van der Waals surface area contributed by atoms with Gasteiger partial charge in [-0.15, -0.1) is 11.3 Å². The molecule has 1 N–H and O–H groups in total. The van der Waals surface area contributed by atoms with Crippen molar-refractivity contribution in [2.24, 2.45) is 0 Å². The molecule has 2 rings (SSSR count). The smallest absolute Gasteiger partial charge is 0.122 e. The zero-order valence-electron chi connectivity index (χ0n) is 10.7. The van der Waals surface area contributed by atoms with E-state index in [1.54, 1.807) is 18.4 Å². The summed E-state index contributed by atoms with van der Waals surface area (Å²) in [4.78, 5) is 9.88. The predicted molar refractivity (Wildman–Crippen MR) is 71.8 cm³/mol. The maximum atomic E-state index is 4.99. The highest BCUT2D eigenvalue weighted by Crippen LogP contribution is 2.13. The first-order valence-electron chi connectivity index (χ1n) is 5.90. The van der Waals surface area contributed by atoms with E-state index in [1.165, 1.54) is 4.88 Å². The second-order valence-electron chi connectivity index (χ2n) is 3.99. The van der Waals surface area contributed by atoms with Crippen molar-refractivity contribution in [1.29, 1.82) is 0 Å². The number of ether oxygens (including phenoxy) is 1. The zero-order chi connectivity index (χ0) is 12.8. The van der Waals surface area contributed by atoms with E-state index in [0.29, 0.717) is 0 Å². The Bertz CT molecular complexity index is 480. The Kier molecular flexibility index (Phi) is 4.86. The van der Waals surface area contributed by atoms with Gasteiger partial charge in [-0.2, -0.15) is 0 Å². The number of aromatic nitrogens is 3. The van der Waals surface area contributed by atoms with E-state index in [9.17, 15) is 0 Å². The standard InChI is InChI=1S/C12H18N4OS/c1-10-15-7-11(18-10)9-16-5-3-14-12(16)8-13-4-6-17-2/h3,5,7,13H,4,6,8-9H2,1-2H3. The van der Waals surface area contributed by atoms with Crippen LogP contribution in [-0.4, -0.2) is 34.8 Å². The van der Waals surface area contributed by atoms with Gasteiger partial charge in [0, 0.05) is 37.1 Å². The Labute approximate surface area is 111 Å². The molecule has 0 spiro atoms. The minimum absolute atomic E-state index is 0.717. The van der Waals surface area contributed by atoms with Crippen LogP contribution in [0, 0.1) is 6.92 Å². The number of rotatable bonds is 7. The van der Waals surface area contributed by atoms with Crippen LogP contribution in [0.5, 0.6) is 0 Å². The van der Waals surface area contributed by atoms with E-state index in [4.69, 9.17) is 4.74 Å². The third kappa shape index (κ3) is 3.63. The van der Waals surface area contributed by atoms with Crippen molar-refractivity contribution in [1.82, 2.24) is 19.9 Å². The fourth-order valence-corrected chi connectivity index (χ4v) is 2.47. The number of hydrogen-bond acceptors (Lipinski definition) is 5. The maximum absolute atomic E-state index is 4.99. The van der Waals surface area contributed by atoms with Crippen LogP contribution in [-0.2, 0) is 17.8 Å². The molecule has 5 nitrogen and oxygen atoms in total. The van der Waals surface area contributed by atoms with E-state index in [2.05, 4.69) is 19.9 Å². The van der Waals surface area contributed by atoms with Gasteiger partial charge >= 0.3 is 0 Å². The van der Waals surface area contributed by atoms with Gasteiger partial charge in [-0.05, 0) is 6.92 Å². The van der Waals surface area contributed by atoms with Crippen molar-refractivity contribution >= 4 is 11.3 Å². The molecule has 0 fully saturated rings. The largest absolute Gasteiger partial charge is 0.383 e. The van der Waals surface area contributed by atoms with Crippen molar-refractivity contribution in [2.75, 3.05) is 20.3 Å². The first-order valence-corrected chi connectivity index (χ1v) is 6.72. The molecule has 0 amide bonds. The number of imidazole rings is 1. The summed E-state index contributed by atoms with van der Waals surface area (Å²) in [6.45, 7) is 5.17. The lowest BCUT2D eigenvalue weighted by atomic mass is 10.5. The second-order valence-corrected chi connectivity index (χ2v) is 5.31. The Hall–Kier alpha value is -1.24. The van der Waals surface area contributed by atoms with Gasteiger partial charge < -0.3 is 14.6 Å². The Morgan fingerprint density at radius 3 is 3.06 bits per heavy atom. The topological polar surface area (TPSA) is 52.0 Å². The van der Waals surface area contributed by atoms with Crippen molar-refractivity contribution in [3.63, 3.8) is 0 Å². The van der Waals surface area contributed by atoms with Gasteiger partial charge in [0.15, 0.2) is 0 Å². The Morgan fingerprint density at radius 1 is 1.44 bits per heavy atom. The third-order valence-corrected chi connectivity index (χ3v) is 3.46. The highest BCUT2D eigenvalue weighted by atomic mass is 32.1. The van der Waals surface area contributed by atoms with Gasteiger partial charge in [-0.1, -0.05) is 0 Å². The molecule has 0 saturated heterocycles. The summed E-state index contributed by atoms with van der Waals surface area (Å²) in [7, 11) is 1.70. The van der Waals surface area contributed by atoms with Crippen LogP contribution in [0.25, 0.3) is 0 Å². The number of nitrogens with zero attached hydrogens (tertiary/aromatic N) is 3. The Morgan fingerprint density at radius 2 is 2.33 bits per heavy atom. The first-order chi connectivity index (χ1) is 8.79. The van der Waals surface area contributed by atoms with Crippen LogP contribution in [0.4, 0.5) is 0 Å². The maximum Gasteiger partial charge on any atom is 0.122 e. The molecule has 2 aromatic heterocycles. The van der Waals surface area contributed by atoms with Crippen molar-refractivity contribution in [3.05, 3.63) is 34.3 Å². The van der Waals surface area contributed by atoms with E-state index in [-0.39, 0.29) is 0 Å². The number of thiazole rings is 1. The molecule has 0 atom stereocenters. The monoisotopic (exact) mass is 266 g/mol. The van der Waals surface area contributed by atoms with Gasteiger partial charge in [-0.25, -0.2) is 9.97 Å². The molecule has 98 valence electrons. The molecule has 0 aliphatic heterocycles. The van der Waals surface area contributed by atoms with Crippen LogP contribution in [0.3, 0.4) is 0 Å². The molecule has 0 saturated carbocycles. The highest BCUT2D eigenvalue weighted by Gasteiger charge is 2.05.